The van der Waals surface area contributed by atoms with Crippen molar-refractivity contribution in [2.45, 2.75) is 90.5 Å². The first-order valence-corrected chi connectivity index (χ1v) is 16.1. The number of piperazine rings is 1. The number of halogens is 3. The summed E-state index contributed by atoms with van der Waals surface area (Å²) in [6.45, 7) is 5.26. The molecule has 0 spiro atoms. The molecule has 246 valence electrons. The molecule has 0 atom stereocenters. The summed E-state index contributed by atoms with van der Waals surface area (Å²) in [5.41, 5.74) is -0.592. The maximum atomic E-state index is 12.7. The molecule has 0 radical (unpaired) electrons. The molecule has 2 heterocycles. The molecule has 1 amide bonds. The molecule has 0 aliphatic carbocycles. The van der Waals surface area contributed by atoms with Crippen LogP contribution >= 0.6 is 0 Å². The van der Waals surface area contributed by atoms with Crippen molar-refractivity contribution in [2.24, 2.45) is 0 Å². The Bertz CT molecular complexity index is 1290. The van der Waals surface area contributed by atoms with E-state index in [0.717, 1.165) is 44.2 Å². The number of ether oxygens (including phenoxy) is 1. The number of hydrogen-bond donors (Lipinski definition) is 0. The number of rotatable bonds is 18. The van der Waals surface area contributed by atoms with Gasteiger partial charge in [-0.15, -0.1) is 0 Å². The summed E-state index contributed by atoms with van der Waals surface area (Å²) in [5, 5.41) is 0. The van der Waals surface area contributed by atoms with Crippen LogP contribution in [0.3, 0.4) is 0 Å². The van der Waals surface area contributed by atoms with Gasteiger partial charge in [0.05, 0.1) is 12.1 Å². The highest BCUT2D eigenvalue weighted by Crippen LogP contribution is 2.29. The molecule has 45 heavy (non-hydrogen) atoms. The zero-order valence-corrected chi connectivity index (χ0v) is 26.4. The van der Waals surface area contributed by atoms with Gasteiger partial charge in [0.25, 0.3) is 0 Å². The molecule has 9 heteroatoms. The molecule has 0 unspecified atom stereocenters. The standard InChI is InChI=1S/C36H47F3N2O4/c1-2-3-4-5-6-7-8-9-10-11-12-13-14-15-16-17-35(43)41-24-22-40(23-25-41)27-32-26-33(42)34(29-44-32)45-28-30-18-20-31(21-19-30)36(37,38)39/h6-7,9-10,12-13,18-21,26,29H,2-5,8,11,14-17,22-25,27-28H2,1H3/b7-6-,10-9-,13-12-. The number of carbonyl (C=O) groups excluding carboxylic acids is 1. The minimum atomic E-state index is -4.40. The van der Waals surface area contributed by atoms with E-state index in [-0.39, 0.29) is 23.7 Å². The zero-order valence-electron chi connectivity index (χ0n) is 26.4. The molecule has 1 aromatic carbocycles. The third-order valence-electron chi connectivity index (χ3n) is 7.66. The Kier molecular flexibility index (Phi) is 15.7. The molecule has 1 aromatic heterocycles. The van der Waals surface area contributed by atoms with Crippen molar-refractivity contribution >= 4 is 5.91 Å². The second-order valence-electron chi connectivity index (χ2n) is 11.3. The molecule has 1 saturated heterocycles. The average Bonchev–Trinajstić information content (AvgIpc) is 3.02. The first kappa shape index (κ1) is 35.9. The van der Waals surface area contributed by atoms with Crippen LogP contribution in [0.5, 0.6) is 5.75 Å². The molecule has 0 saturated carbocycles. The number of carbonyl (C=O) groups is 1. The van der Waals surface area contributed by atoms with Crippen molar-refractivity contribution < 1.29 is 27.1 Å². The number of unbranched alkanes of at least 4 members (excludes halogenated alkanes) is 5. The summed E-state index contributed by atoms with van der Waals surface area (Å²) in [7, 11) is 0. The van der Waals surface area contributed by atoms with Gasteiger partial charge < -0.3 is 14.1 Å². The van der Waals surface area contributed by atoms with E-state index in [0.29, 0.717) is 50.5 Å². The lowest BCUT2D eigenvalue weighted by Gasteiger charge is -2.34. The van der Waals surface area contributed by atoms with Crippen molar-refractivity contribution in [3.8, 4) is 5.75 Å². The lowest BCUT2D eigenvalue weighted by Crippen LogP contribution is -2.48. The van der Waals surface area contributed by atoms with E-state index in [4.69, 9.17) is 9.15 Å². The Balaban J connectivity index is 1.26. The van der Waals surface area contributed by atoms with Crippen LogP contribution in [0.25, 0.3) is 0 Å². The summed E-state index contributed by atoms with van der Waals surface area (Å²) < 4.78 is 49.2. The second kappa shape index (κ2) is 19.7. The largest absolute Gasteiger partial charge is 0.482 e. The van der Waals surface area contributed by atoms with Gasteiger partial charge in [0.2, 0.25) is 17.1 Å². The number of alkyl halides is 3. The lowest BCUT2D eigenvalue weighted by atomic mass is 10.1. The summed E-state index contributed by atoms with van der Waals surface area (Å²) in [6, 6.07) is 5.97. The van der Waals surface area contributed by atoms with Crippen LogP contribution in [0.2, 0.25) is 0 Å². The van der Waals surface area contributed by atoms with Crippen molar-refractivity contribution in [3.63, 3.8) is 0 Å². The fourth-order valence-corrected chi connectivity index (χ4v) is 4.94. The third-order valence-corrected chi connectivity index (χ3v) is 7.66. The van der Waals surface area contributed by atoms with E-state index in [1.54, 1.807) is 0 Å². The second-order valence-corrected chi connectivity index (χ2v) is 11.3. The molecular weight excluding hydrogens is 581 g/mol. The van der Waals surface area contributed by atoms with Crippen molar-refractivity contribution in [3.05, 3.63) is 100 Å². The van der Waals surface area contributed by atoms with E-state index in [2.05, 4.69) is 48.3 Å². The van der Waals surface area contributed by atoms with E-state index < -0.39 is 11.7 Å². The smallest absolute Gasteiger partial charge is 0.416 e. The monoisotopic (exact) mass is 628 g/mol. The van der Waals surface area contributed by atoms with Crippen LogP contribution in [0, 0.1) is 0 Å². The average molecular weight is 629 g/mol. The topological polar surface area (TPSA) is 63.0 Å². The van der Waals surface area contributed by atoms with Gasteiger partial charge in [-0.25, -0.2) is 0 Å². The van der Waals surface area contributed by atoms with E-state index >= 15 is 0 Å². The van der Waals surface area contributed by atoms with Gasteiger partial charge >= 0.3 is 6.18 Å². The van der Waals surface area contributed by atoms with Gasteiger partial charge in [0.15, 0.2) is 0 Å². The van der Waals surface area contributed by atoms with Gasteiger partial charge in [-0.3, -0.25) is 14.5 Å². The van der Waals surface area contributed by atoms with Crippen LogP contribution < -0.4 is 10.2 Å². The van der Waals surface area contributed by atoms with Crippen LogP contribution in [0.4, 0.5) is 13.2 Å². The van der Waals surface area contributed by atoms with Crippen LogP contribution in [-0.4, -0.2) is 41.9 Å². The Morgan fingerprint density at radius 2 is 1.51 bits per heavy atom. The predicted octanol–water partition coefficient (Wildman–Crippen LogP) is 8.47. The van der Waals surface area contributed by atoms with E-state index in [9.17, 15) is 22.8 Å². The minimum Gasteiger partial charge on any atom is -0.482 e. The normalized spacial score (nSPS) is 14.7. The van der Waals surface area contributed by atoms with E-state index in [1.165, 1.54) is 50.1 Å². The molecule has 0 bridgehead atoms. The van der Waals surface area contributed by atoms with Gasteiger partial charge in [0, 0.05) is 38.7 Å². The van der Waals surface area contributed by atoms with Crippen molar-refractivity contribution in [1.82, 2.24) is 9.80 Å². The fraction of sp³-hybridized carbons (Fsp3) is 0.500. The van der Waals surface area contributed by atoms with Gasteiger partial charge in [-0.1, -0.05) is 68.4 Å². The minimum absolute atomic E-state index is 0.00199. The molecule has 0 N–H and O–H groups in total. The molecular formula is C36H47F3N2O4. The molecule has 1 aliphatic rings. The quantitative estimate of drug-likeness (QED) is 0.122. The molecule has 6 nitrogen and oxygen atoms in total. The number of hydrogen-bond acceptors (Lipinski definition) is 5. The predicted molar refractivity (Wildman–Crippen MR) is 172 cm³/mol. The van der Waals surface area contributed by atoms with Gasteiger partial charge in [-0.2, -0.15) is 13.2 Å². The maximum absolute atomic E-state index is 12.7. The van der Waals surface area contributed by atoms with Crippen LogP contribution in [0.15, 0.2) is 82.3 Å². The zero-order chi connectivity index (χ0) is 32.3. The highest BCUT2D eigenvalue weighted by molar-refractivity contribution is 5.76. The summed E-state index contributed by atoms with van der Waals surface area (Å²) in [4.78, 5) is 29.2. The molecule has 2 aromatic rings. The number of amides is 1. The maximum Gasteiger partial charge on any atom is 0.416 e. The van der Waals surface area contributed by atoms with Crippen LogP contribution in [-0.2, 0) is 24.1 Å². The number of nitrogens with zero attached hydrogens (tertiary/aromatic N) is 2. The van der Waals surface area contributed by atoms with E-state index in [1.807, 2.05) is 4.90 Å². The molecule has 3 rings (SSSR count). The lowest BCUT2D eigenvalue weighted by molar-refractivity contribution is -0.137. The Hall–Kier alpha value is -3.59. The highest BCUT2D eigenvalue weighted by Gasteiger charge is 2.30. The van der Waals surface area contributed by atoms with Gasteiger partial charge in [0.1, 0.15) is 18.6 Å². The summed E-state index contributed by atoms with van der Waals surface area (Å²) in [5.74, 6) is 0.670. The van der Waals surface area contributed by atoms with Crippen molar-refractivity contribution in [2.75, 3.05) is 26.2 Å². The fourth-order valence-electron chi connectivity index (χ4n) is 4.94. The molecule has 1 aliphatic heterocycles. The van der Waals surface area contributed by atoms with Crippen LogP contribution in [0.1, 0.15) is 88.0 Å². The number of benzene rings is 1. The van der Waals surface area contributed by atoms with Crippen molar-refractivity contribution in [1.29, 1.82) is 0 Å². The van der Waals surface area contributed by atoms with Gasteiger partial charge in [-0.05, 0) is 62.6 Å². The number of allylic oxidation sites excluding steroid dienone is 6. The first-order chi connectivity index (χ1) is 21.8. The third kappa shape index (κ3) is 13.9. The highest BCUT2D eigenvalue weighted by atomic mass is 19.4. The summed E-state index contributed by atoms with van der Waals surface area (Å²) >= 11 is 0. The SMILES string of the molecule is CCCCC/C=C\C/C=C\C/C=C\CCCCC(=O)N1CCN(Cc2cc(=O)c(OCc3ccc(C(F)(F)F)cc3)co2)CC1. The Morgan fingerprint density at radius 3 is 2.11 bits per heavy atom. The first-order valence-electron chi connectivity index (χ1n) is 16.1. The Labute approximate surface area is 265 Å². The Morgan fingerprint density at radius 1 is 0.889 bits per heavy atom. The summed E-state index contributed by atoms with van der Waals surface area (Å²) in [6.07, 6.45) is 20.5. The molecule has 1 fully saturated rings.